The minimum Gasteiger partial charge on any atom is -0.486 e. The molecule has 1 aliphatic rings. The van der Waals surface area contributed by atoms with Gasteiger partial charge in [0.05, 0.1) is 5.69 Å². The van der Waals surface area contributed by atoms with Gasteiger partial charge in [-0.15, -0.1) is 0 Å². The largest absolute Gasteiger partial charge is 0.486 e. The monoisotopic (exact) mass is 366 g/mol. The van der Waals surface area contributed by atoms with E-state index in [0.717, 1.165) is 30.8 Å². The van der Waals surface area contributed by atoms with Crippen LogP contribution in [0.15, 0.2) is 59.2 Å². The molecule has 4 rings (SSSR count). The fourth-order valence-corrected chi connectivity index (χ4v) is 3.41. The first kappa shape index (κ1) is 17.7. The van der Waals surface area contributed by atoms with Crippen LogP contribution in [0.4, 0.5) is 4.39 Å². The summed E-state index contributed by atoms with van der Waals surface area (Å²) >= 11 is 0. The molecule has 0 saturated carbocycles. The van der Waals surface area contributed by atoms with E-state index in [1.165, 1.54) is 18.9 Å². The molecule has 5 heteroatoms. The van der Waals surface area contributed by atoms with Gasteiger partial charge in [0.1, 0.15) is 12.9 Å². The highest BCUT2D eigenvalue weighted by atomic mass is 19.1. The van der Waals surface area contributed by atoms with E-state index >= 15 is 0 Å². The summed E-state index contributed by atoms with van der Waals surface area (Å²) in [4.78, 5) is 4.54. The number of rotatable bonds is 6. The van der Waals surface area contributed by atoms with Crippen molar-refractivity contribution in [3.63, 3.8) is 0 Å². The number of piperidine rings is 1. The Kier molecular flexibility index (Phi) is 5.49. The molecule has 1 unspecified atom stereocenters. The zero-order chi connectivity index (χ0) is 18.5. The maximum Gasteiger partial charge on any atom is 0.226 e. The molecule has 0 radical (unpaired) electrons. The van der Waals surface area contributed by atoms with Crippen LogP contribution in [-0.2, 0) is 13.0 Å². The standard InChI is InChI=1S/C22H23FN2O2/c23-20-12-18(8-9-21(20)26-14-16-5-2-1-3-6-16)22-25-19(15-27-22)11-17-7-4-10-24-13-17/h1-3,5-6,8-9,12,15,17,24H,4,7,10-11,13-14H2. The van der Waals surface area contributed by atoms with Crippen LogP contribution in [0.2, 0.25) is 0 Å². The van der Waals surface area contributed by atoms with E-state index in [9.17, 15) is 4.39 Å². The second-order valence-corrected chi connectivity index (χ2v) is 6.98. The lowest BCUT2D eigenvalue weighted by Crippen LogP contribution is -2.30. The predicted octanol–water partition coefficient (Wildman–Crippen LogP) is 4.60. The maximum atomic E-state index is 14.4. The van der Waals surface area contributed by atoms with Gasteiger partial charge >= 0.3 is 0 Å². The van der Waals surface area contributed by atoms with Crippen molar-refractivity contribution in [2.45, 2.75) is 25.9 Å². The molecule has 1 N–H and O–H groups in total. The van der Waals surface area contributed by atoms with E-state index in [1.54, 1.807) is 18.4 Å². The third kappa shape index (κ3) is 4.55. The molecule has 0 amide bonds. The van der Waals surface area contributed by atoms with Gasteiger partial charge in [-0.05, 0) is 62.0 Å². The highest BCUT2D eigenvalue weighted by Gasteiger charge is 2.17. The summed E-state index contributed by atoms with van der Waals surface area (Å²) in [5.74, 6) is 0.840. The van der Waals surface area contributed by atoms with Crippen LogP contribution in [0.5, 0.6) is 5.75 Å². The van der Waals surface area contributed by atoms with E-state index in [4.69, 9.17) is 9.15 Å². The molecule has 2 aromatic carbocycles. The lowest BCUT2D eigenvalue weighted by molar-refractivity contribution is 0.290. The Morgan fingerprint density at radius 3 is 2.85 bits per heavy atom. The van der Waals surface area contributed by atoms with Crippen molar-refractivity contribution in [2.24, 2.45) is 5.92 Å². The Bertz CT molecular complexity index is 873. The molecule has 1 atom stereocenters. The third-order valence-electron chi connectivity index (χ3n) is 4.86. The quantitative estimate of drug-likeness (QED) is 0.692. The van der Waals surface area contributed by atoms with Crippen molar-refractivity contribution in [3.05, 3.63) is 71.9 Å². The number of hydrogen-bond acceptors (Lipinski definition) is 4. The summed E-state index contributed by atoms with van der Waals surface area (Å²) in [5, 5.41) is 3.41. The number of aromatic nitrogens is 1. The Hall–Kier alpha value is -2.66. The first-order chi connectivity index (χ1) is 13.3. The first-order valence-electron chi connectivity index (χ1n) is 9.40. The van der Waals surface area contributed by atoms with Gasteiger partial charge in [0.2, 0.25) is 5.89 Å². The number of oxazole rings is 1. The third-order valence-corrected chi connectivity index (χ3v) is 4.86. The second kappa shape index (κ2) is 8.35. The van der Waals surface area contributed by atoms with Crippen LogP contribution in [0.25, 0.3) is 11.5 Å². The minimum absolute atomic E-state index is 0.225. The molecule has 1 aliphatic heterocycles. The number of ether oxygens (including phenoxy) is 1. The lowest BCUT2D eigenvalue weighted by atomic mass is 9.95. The van der Waals surface area contributed by atoms with Crippen LogP contribution in [-0.4, -0.2) is 18.1 Å². The Balaban J connectivity index is 1.41. The molecular weight excluding hydrogens is 343 g/mol. The summed E-state index contributed by atoms with van der Waals surface area (Å²) in [6, 6.07) is 14.5. The lowest BCUT2D eigenvalue weighted by Gasteiger charge is -2.21. The van der Waals surface area contributed by atoms with Crippen molar-refractivity contribution in [1.29, 1.82) is 0 Å². The number of nitrogens with zero attached hydrogens (tertiary/aromatic N) is 1. The first-order valence-corrected chi connectivity index (χ1v) is 9.40. The summed E-state index contributed by atoms with van der Waals surface area (Å²) in [6.45, 7) is 2.44. The molecular formula is C22H23FN2O2. The molecule has 140 valence electrons. The molecule has 0 aliphatic carbocycles. The summed E-state index contributed by atoms with van der Waals surface area (Å²) < 4.78 is 25.6. The zero-order valence-corrected chi connectivity index (χ0v) is 15.2. The molecule has 4 nitrogen and oxygen atoms in total. The van der Waals surface area contributed by atoms with Gasteiger partial charge in [0, 0.05) is 5.56 Å². The van der Waals surface area contributed by atoms with Gasteiger partial charge in [0.15, 0.2) is 11.6 Å². The average Bonchev–Trinajstić information content (AvgIpc) is 3.17. The molecule has 2 heterocycles. The van der Waals surface area contributed by atoms with Gasteiger partial charge in [-0.25, -0.2) is 9.37 Å². The van der Waals surface area contributed by atoms with Crippen molar-refractivity contribution in [2.75, 3.05) is 13.1 Å². The van der Waals surface area contributed by atoms with E-state index in [1.807, 2.05) is 30.3 Å². The number of benzene rings is 2. The Morgan fingerprint density at radius 2 is 2.07 bits per heavy atom. The number of nitrogens with one attached hydrogen (secondary N) is 1. The number of halogens is 1. The van der Waals surface area contributed by atoms with Gasteiger partial charge in [-0.3, -0.25) is 0 Å². The van der Waals surface area contributed by atoms with Gasteiger partial charge in [-0.2, -0.15) is 0 Å². The van der Waals surface area contributed by atoms with Crippen molar-refractivity contribution >= 4 is 0 Å². The normalized spacial score (nSPS) is 17.0. The SMILES string of the molecule is Fc1cc(-c2nc(CC3CCCNC3)co2)ccc1OCc1ccccc1. The van der Waals surface area contributed by atoms with Crippen molar-refractivity contribution < 1.29 is 13.5 Å². The predicted molar refractivity (Wildman–Crippen MR) is 102 cm³/mol. The number of hydrogen-bond donors (Lipinski definition) is 1. The van der Waals surface area contributed by atoms with Crippen LogP contribution in [0.3, 0.4) is 0 Å². The smallest absolute Gasteiger partial charge is 0.226 e. The molecule has 1 saturated heterocycles. The average molecular weight is 366 g/mol. The second-order valence-electron chi connectivity index (χ2n) is 6.98. The molecule has 0 bridgehead atoms. The highest BCUT2D eigenvalue weighted by Crippen LogP contribution is 2.27. The fourth-order valence-electron chi connectivity index (χ4n) is 3.41. The van der Waals surface area contributed by atoms with E-state index in [2.05, 4.69) is 10.3 Å². The topological polar surface area (TPSA) is 47.3 Å². The van der Waals surface area contributed by atoms with Crippen molar-refractivity contribution in [3.8, 4) is 17.2 Å². The molecule has 27 heavy (non-hydrogen) atoms. The van der Waals surface area contributed by atoms with Crippen LogP contribution >= 0.6 is 0 Å². The van der Waals surface area contributed by atoms with Crippen molar-refractivity contribution in [1.82, 2.24) is 10.3 Å². The van der Waals surface area contributed by atoms with E-state index in [-0.39, 0.29) is 5.75 Å². The summed E-state index contributed by atoms with van der Waals surface area (Å²) in [5.41, 5.74) is 2.53. The Morgan fingerprint density at radius 1 is 1.19 bits per heavy atom. The van der Waals surface area contributed by atoms with E-state index in [0.29, 0.717) is 24.0 Å². The fraction of sp³-hybridized carbons (Fsp3) is 0.318. The minimum atomic E-state index is -0.417. The zero-order valence-electron chi connectivity index (χ0n) is 15.2. The van der Waals surface area contributed by atoms with Gasteiger partial charge < -0.3 is 14.5 Å². The van der Waals surface area contributed by atoms with Gasteiger partial charge in [-0.1, -0.05) is 30.3 Å². The summed E-state index contributed by atoms with van der Waals surface area (Å²) in [6.07, 6.45) is 4.97. The molecule has 0 spiro atoms. The van der Waals surface area contributed by atoms with E-state index < -0.39 is 5.82 Å². The molecule has 1 fully saturated rings. The molecule has 1 aromatic heterocycles. The summed E-state index contributed by atoms with van der Waals surface area (Å²) in [7, 11) is 0. The maximum absolute atomic E-state index is 14.4. The van der Waals surface area contributed by atoms with Crippen LogP contribution in [0, 0.1) is 11.7 Å². The van der Waals surface area contributed by atoms with Crippen LogP contribution in [0.1, 0.15) is 24.1 Å². The van der Waals surface area contributed by atoms with Crippen LogP contribution < -0.4 is 10.1 Å². The Labute approximate surface area is 158 Å². The highest BCUT2D eigenvalue weighted by molar-refractivity contribution is 5.55. The van der Waals surface area contributed by atoms with Gasteiger partial charge in [0.25, 0.3) is 0 Å². The molecule has 3 aromatic rings.